The fraction of sp³-hybridized carbons (Fsp3) is 0.368. The van der Waals surface area contributed by atoms with E-state index in [1.54, 1.807) is 24.1 Å². The Hall–Kier alpha value is -2.23. The van der Waals surface area contributed by atoms with Gasteiger partial charge in [0, 0.05) is 19.5 Å². The number of aromatic nitrogens is 2. The molecule has 2 aromatic heterocycles. The number of aryl methyl sites for hydroxylation is 1. The van der Waals surface area contributed by atoms with Crippen LogP contribution in [0.3, 0.4) is 0 Å². The van der Waals surface area contributed by atoms with Crippen LogP contribution in [0.1, 0.15) is 21.8 Å². The molecule has 1 fully saturated rings. The minimum Gasteiger partial charge on any atom is -0.267 e. The van der Waals surface area contributed by atoms with Crippen molar-refractivity contribution in [2.45, 2.75) is 19.4 Å². The van der Waals surface area contributed by atoms with Crippen molar-refractivity contribution >= 4 is 37.3 Å². The average molecular weight is 419 g/mol. The van der Waals surface area contributed by atoms with Crippen molar-refractivity contribution in [3.63, 3.8) is 0 Å². The van der Waals surface area contributed by atoms with Crippen LogP contribution in [0.4, 0.5) is 0 Å². The molecule has 1 aliphatic heterocycles. The number of carbonyl (C=O) groups excluding carboxylic acids is 1. The van der Waals surface area contributed by atoms with Crippen LogP contribution in [-0.4, -0.2) is 65.8 Å². The third kappa shape index (κ3) is 3.34. The summed E-state index contributed by atoms with van der Waals surface area (Å²) in [6.07, 6.45) is 0.466. The first-order valence-corrected chi connectivity index (χ1v) is 11.7. The molecule has 28 heavy (non-hydrogen) atoms. The number of thiophene rings is 1. The van der Waals surface area contributed by atoms with Gasteiger partial charge in [0.15, 0.2) is 9.84 Å². The summed E-state index contributed by atoms with van der Waals surface area (Å²) in [5, 5.41) is 8.81. The van der Waals surface area contributed by atoms with Crippen LogP contribution >= 0.6 is 11.3 Å². The molecule has 3 aromatic rings. The van der Waals surface area contributed by atoms with Gasteiger partial charge >= 0.3 is 0 Å². The third-order valence-corrected chi connectivity index (χ3v) is 7.80. The molecule has 9 heteroatoms. The normalized spacial score (nSPS) is 18.8. The highest BCUT2D eigenvalue weighted by Crippen LogP contribution is 2.32. The van der Waals surface area contributed by atoms with Gasteiger partial charge in [0.25, 0.3) is 5.91 Å². The Morgan fingerprint density at radius 3 is 2.57 bits per heavy atom. The van der Waals surface area contributed by atoms with E-state index in [-0.39, 0.29) is 23.5 Å². The van der Waals surface area contributed by atoms with Crippen LogP contribution in [0, 0.1) is 6.92 Å². The molecular formula is C19H22N4O3S2. The summed E-state index contributed by atoms with van der Waals surface area (Å²) >= 11 is 1.39. The third-order valence-electron chi connectivity index (χ3n) is 4.95. The standard InChI is InChI=1S/C19H22N4O3S2/c1-13-16-11-17(27-19(16)22(20-13)14-7-5-4-6-8-14)18(24)23(21(2)3)15-9-10-28(25,26)12-15/h4-8,11,15H,9-10,12H2,1-3H3/t15-/m1/s1. The molecule has 0 bridgehead atoms. The Labute approximate surface area is 168 Å². The van der Waals surface area contributed by atoms with Crippen LogP contribution in [0.15, 0.2) is 36.4 Å². The van der Waals surface area contributed by atoms with E-state index in [0.717, 1.165) is 21.6 Å². The Bertz CT molecular complexity index is 1130. The molecule has 3 heterocycles. The molecular weight excluding hydrogens is 396 g/mol. The number of hydrogen-bond donors (Lipinski definition) is 0. The first-order chi connectivity index (χ1) is 13.3. The summed E-state index contributed by atoms with van der Waals surface area (Å²) < 4.78 is 25.7. The highest BCUT2D eigenvalue weighted by atomic mass is 32.2. The van der Waals surface area contributed by atoms with E-state index in [2.05, 4.69) is 5.10 Å². The zero-order chi connectivity index (χ0) is 20.1. The van der Waals surface area contributed by atoms with Crippen LogP contribution in [-0.2, 0) is 9.84 Å². The minimum atomic E-state index is -3.08. The van der Waals surface area contributed by atoms with Gasteiger partial charge in [0.1, 0.15) is 4.83 Å². The highest BCUT2D eigenvalue weighted by molar-refractivity contribution is 7.91. The maximum Gasteiger partial charge on any atom is 0.278 e. The molecule has 1 atom stereocenters. The smallest absolute Gasteiger partial charge is 0.267 e. The van der Waals surface area contributed by atoms with E-state index in [4.69, 9.17) is 0 Å². The Morgan fingerprint density at radius 2 is 1.96 bits per heavy atom. The summed E-state index contributed by atoms with van der Waals surface area (Å²) in [6, 6.07) is 11.3. The van der Waals surface area contributed by atoms with Crippen LogP contribution < -0.4 is 0 Å². The highest BCUT2D eigenvalue weighted by Gasteiger charge is 2.37. The van der Waals surface area contributed by atoms with Crippen molar-refractivity contribution in [1.82, 2.24) is 19.8 Å². The SMILES string of the molecule is Cc1nn(-c2ccccc2)c2sc(C(=O)N([C@@H]3CCS(=O)(=O)C3)N(C)C)cc12. The van der Waals surface area contributed by atoms with E-state index < -0.39 is 9.84 Å². The Balaban J connectivity index is 1.73. The lowest BCUT2D eigenvalue weighted by Gasteiger charge is -2.33. The van der Waals surface area contributed by atoms with Gasteiger partial charge in [-0.25, -0.2) is 18.1 Å². The van der Waals surface area contributed by atoms with Crippen molar-refractivity contribution in [3.05, 3.63) is 47.0 Å². The second-order valence-electron chi connectivity index (χ2n) is 7.22. The lowest BCUT2D eigenvalue weighted by atomic mass is 10.2. The van der Waals surface area contributed by atoms with Crippen LogP contribution in [0.5, 0.6) is 0 Å². The number of nitrogens with zero attached hydrogens (tertiary/aromatic N) is 4. The molecule has 0 saturated carbocycles. The molecule has 1 aliphatic rings. The summed E-state index contributed by atoms with van der Waals surface area (Å²) in [4.78, 5) is 14.8. The Morgan fingerprint density at radius 1 is 1.25 bits per heavy atom. The lowest BCUT2D eigenvalue weighted by molar-refractivity contribution is 0.00148. The summed E-state index contributed by atoms with van der Waals surface area (Å²) in [5.74, 6) is -0.0325. The van der Waals surface area contributed by atoms with Crippen molar-refractivity contribution in [2.24, 2.45) is 0 Å². The molecule has 1 amide bonds. The maximum atomic E-state index is 13.3. The van der Waals surface area contributed by atoms with Gasteiger partial charge in [-0.3, -0.25) is 9.80 Å². The minimum absolute atomic E-state index is 0.0125. The van der Waals surface area contributed by atoms with Crippen molar-refractivity contribution in [3.8, 4) is 5.69 Å². The van der Waals surface area contributed by atoms with E-state index in [9.17, 15) is 13.2 Å². The van der Waals surface area contributed by atoms with Gasteiger partial charge in [-0.15, -0.1) is 11.3 Å². The fourth-order valence-corrected chi connectivity index (χ4v) is 6.46. The summed E-state index contributed by atoms with van der Waals surface area (Å²) in [7, 11) is 0.458. The number of para-hydroxylation sites is 1. The van der Waals surface area contributed by atoms with Gasteiger partial charge in [-0.1, -0.05) is 18.2 Å². The maximum absolute atomic E-state index is 13.3. The topological polar surface area (TPSA) is 75.5 Å². The van der Waals surface area contributed by atoms with Crippen molar-refractivity contribution < 1.29 is 13.2 Å². The zero-order valence-corrected chi connectivity index (χ0v) is 17.6. The molecule has 4 rings (SSSR count). The number of amides is 1. The van der Waals surface area contributed by atoms with Crippen LogP contribution in [0.2, 0.25) is 0 Å². The number of hydrogen-bond acceptors (Lipinski definition) is 6. The molecule has 148 valence electrons. The molecule has 0 spiro atoms. The number of benzene rings is 1. The van der Waals surface area contributed by atoms with E-state index in [1.807, 2.05) is 48.0 Å². The first kappa shape index (κ1) is 19.1. The number of carbonyl (C=O) groups is 1. The van der Waals surface area contributed by atoms with Gasteiger partial charge in [0.05, 0.1) is 33.8 Å². The van der Waals surface area contributed by atoms with Crippen molar-refractivity contribution in [2.75, 3.05) is 25.6 Å². The molecule has 0 unspecified atom stereocenters. The number of sulfone groups is 1. The molecule has 0 N–H and O–H groups in total. The largest absolute Gasteiger partial charge is 0.278 e. The number of fused-ring (bicyclic) bond motifs is 1. The second kappa shape index (κ2) is 6.98. The molecule has 1 aromatic carbocycles. The van der Waals surface area contributed by atoms with E-state index in [1.165, 1.54) is 11.3 Å². The predicted molar refractivity (Wildman–Crippen MR) is 111 cm³/mol. The van der Waals surface area contributed by atoms with Gasteiger partial charge in [0.2, 0.25) is 0 Å². The number of rotatable bonds is 4. The summed E-state index contributed by atoms with van der Waals surface area (Å²) in [6.45, 7) is 1.93. The zero-order valence-electron chi connectivity index (χ0n) is 16.0. The second-order valence-corrected chi connectivity index (χ2v) is 10.5. The van der Waals surface area contributed by atoms with E-state index >= 15 is 0 Å². The lowest BCUT2D eigenvalue weighted by Crippen LogP contribution is -2.49. The van der Waals surface area contributed by atoms with Gasteiger partial charge < -0.3 is 0 Å². The average Bonchev–Trinajstić information content (AvgIpc) is 3.31. The molecule has 1 saturated heterocycles. The number of hydrazine groups is 1. The summed E-state index contributed by atoms with van der Waals surface area (Å²) in [5.41, 5.74) is 1.79. The Kier molecular flexibility index (Phi) is 4.76. The van der Waals surface area contributed by atoms with Gasteiger partial charge in [-0.05, 0) is 31.5 Å². The monoisotopic (exact) mass is 418 g/mol. The van der Waals surface area contributed by atoms with Crippen LogP contribution in [0.25, 0.3) is 15.9 Å². The first-order valence-electron chi connectivity index (χ1n) is 9.02. The quantitative estimate of drug-likeness (QED) is 0.609. The fourth-order valence-electron chi connectivity index (χ4n) is 3.65. The molecule has 7 nitrogen and oxygen atoms in total. The molecule has 0 radical (unpaired) electrons. The van der Waals surface area contributed by atoms with Crippen molar-refractivity contribution in [1.29, 1.82) is 0 Å². The predicted octanol–water partition coefficient (Wildman–Crippen LogP) is 2.50. The van der Waals surface area contributed by atoms with Gasteiger partial charge in [-0.2, -0.15) is 5.10 Å². The van der Waals surface area contributed by atoms with E-state index in [0.29, 0.717) is 11.3 Å². The molecule has 0 aliphatic carbocycles.